The van der Waals surface area contributed by atoms with Crippen molar-refractivity contribution in [3.8, 4) is 0 Å². The second kappa shape index (κ2) is 8.32. The number of anilines is 2. The predicted molar refractivity (Wildman–Crippen MR) is 96.7 cm³/mol. The summed E-state index contributed by atoms with van der Waals surface area (Å²) in [4.78, 5) is 8.57. The molecule has 1 heterocycles. The second-order valence-corrected chi connectivity index (χ2v) is 7.99. The average molecular weight is 368 g/mol. The topological polar surface area (TPSA) is 104 Å². The van der Waals surface area contributed by atoms with Gasteiger partial charge in [-0.3, -0.25) is 4.72 Å². The molecular formula is C15H20N4O3S2. The molecule has 3 N–H and O–H groups in total. The summed E-state index contributed by atoms with van der Waals surface area (Å²) < 4.78 is 25.2. The van der Waals surface area contributed by atoms with Crippen LogP contribution in [-0.4, -0.2) is 42.4 Å². The van der Waals surface area contributed by atoms with Crippen LogP contribution in [0.25, 0.3) is 0 Å². The summed E-state index contributed by atoms with van der Waals surface area (Å²) >= 11 is 1.40. The molecule has 0 bridgehead atoms. The van der Waals surface area contributed by atoms with Crippen LogP contribution in [0.5, 0.6) is 0 Å². The molecule has 0 unspecified atom stereocenters. The Hall–Kier alpha value is -1.84. The lowest BCUT2D eigenvalue weighted by Gasteiger charge is -2.11. The Morgan fingerprint density at radius 3 is 2.50 bits per heavy atom. The number of sulfonamides is 1. The Kier molecular flexibility index (Phi) is 6.41. The zero-order valence-electron chi connectivity index (χ0n) is 13.4. The van der Waals surface area contributed by atoms with Crippen molar-refractivity contribution >= 4 is 33.4 Å². The Labute approximate surface area is 146 Å². The molecule has 0 spiro atoms. The lowest BCUT2D eigenvalue weighted by molar-refractivity contribution is 0.208. The van der Waals surface area contributed by atoms with E-state index in [0.717, 1.165) is 11.8 Å². The molecule has 2 rings (SSSR count). The molecule has 0 aliphatic heterocycles. The van der Waals surface area contributed by atoms with E-state index in [1.165, 1.54) is 17.8 Å². The van der Waals surface area contributed by atoms with E-state index in [4.69, 9.17) is 0 Å². The number of aliphatic hydroxyl groups excluding tert-OH is 1. The van der Waals surface area contributed by atoms with Gasteiger partial charge in [-0.25, -0.2) is 18.4 Å². The summed E-state index contributed by atoms with van der Waals surface area (Å²) in [5.41, 5.74) is 1.12. The fourth-order valence-corrected chi connectivity index (χ4v) is 3.10. The molecule has 130 valence electrons. The van der Waals surface area contributed by atoms with Crippen LogP contribution < -0.4 is 10.0 Å². The summed E-state index contributed by atoms with van der Waals surface area (Å²) in [5, 5.41) is 12.8. The number of aliphatic hydroxyl groups is 1. The first-order chi connectivity index (χ1) is 11.3. The third-order valence-electron chi connectivity index (χ3n) is 2.78. The first-order valence-electron chi connectivity index (χ1n) is 7.27. The SMILES string of the molecule is C[C@@H](O)CNc1cc(NS(C)(=O)=O)nc(SCc2ccccc2)n1. The first kappa shape index (κ1) is 18.5. The monoisotopic (exact) mass is 368 g/mol. The minimum atomic E-state index is -3.44. The maximum absolute atomic E-state index is 11.4. The maximum Gasteiger partial charge on any atom is 0.230 e. The normalized spacial score (nSPS) is 12.6. The molecule has 0 aliphatic carbocycles. The van der Waals surface area contributed by atoms with Crippen molar-refractivity contribution in [3.05, 3.63) is 42.0 Å². The summed E-state index contributed by atoms with van der Waals surface area (Å²) in [6.07, 6.45) is 0.515. The lowest BCUT2D eigenvalue weighted by atomic mass is 10.2. The van der Waals surface area contributed by atoms with Gasteiger partial charge in [0.05, 0.1) is 12.4 Å². The standard InChI is InChI=1S/C15H20N4O3S2/c1-11(20)9-16-13-8-14(19-24(2,21)22)18-15(17-13)23-10-12-6-4-3-5-7-12/h3-8,11,20H,9-10H2,1-2H3,(H2,16,17,18,19)/t11-/m1/s1. The van der Waals surface area contributed by atoms with Crippen molar-refractivity contribution in [2.24, 2.45) is 0 Å². The van der Waals surface area contributed by atoms with Gasteiger partial charge in [-0.1, -0.05) is 42.1 Å². The highest BCUT2D eigenvalue weighted by Crippen LogP contribution is 2.23. The van der Waals surface area contributed by atoms with Gasteiger partial charge < -0.3 is 10.4 Å². The van der Waals surface area contributed by atoms with Crippen LogP contribution in [0.4, 0.5) is 11.6 Å². The van der Waals surface area contributed by atoms with E-state index >= 15 is 0 Å². The van der Waals surface area contributed by atoms with Crippen LogP contribution >= 0.6 is 11.8 Å². The minimum Gasteiger partial charge on any atom is -0.392 e. The molecule has 9 heteroatoms. The highest BCUT2D eigenvalue weighted by Gasteiger charge is 2.10. The predicted octanol–water partition coefficient (Wildman–Crippen LogP) is 1.93. The molecule has 0 saturated carbocycles. The van der Waals surface area contributed by atoms with Gasteiger partial charge in [-0.05, 0) is 12.5 Å². The van der Waals surface area contributed by atoms with E-state index < -0.39 is 16.1 Å². The molecule has 1 atom stereocenters. The summed E-state index contributed by atoms with van der Waals surface area (Å²) in [7, 11) is -3.44. The lowest BCUT2D eigenvalue weighted by Crippen LogP contribution is -2.17. The van der Waals surface area contributed by atoms with Crippen LogP contribution in [0.3, 0.4) is 0 Å². The van der Waals surface area contributed by atoms with E-state index in [-0.39, 0.29) is 5.82 Å². The number of hydrogen-bond acceptors (Lipinski definition) is 7. The van der Waals surface area contributed by atoms with Crippen molar-refractivity contribution in [2.75, 3.05) is 22.8 Å². The molecular weight excluding hydrogens is 348 g/mol. The summed E-state index contributed by atoms with van der Waals surface area (Å²) in [5.74, 6) is 1.31. The number of nitrogens with zero attached hydrogens (tertiary/aromatic N) is 2. The van der Waals surface area contributed by atoms with Crippen LogP contribution in [0.2, 0.25) is 0 Å². The van der Waals surface area contributed by atoms with Crippen molar-refractivity contribution in [2.45, 2.75) is 23.9 Å². The van der Waals surface area contributed by atoms with Gasteiger partial charge in [0, 0.05) is 18.4 Å². The zero-order valence-corrected chi connectivity index (χ0v) is 15.1. The number of rotatable bonds is 8. The van der Waals surface area contributed by atoms with Crippen molar-refractivity contribution in [1.29, 1.82) is 0 Å². The Morgan fingerprint density at radius 2 is 1.88 bits per heavy atom. The summed E-state index contributed by atoms with van der Waals surface area (Å²) in [6, 6.07) is 11.3. The average Bonchev–Trinajstić information content (AvgIpc) is 2.50. The third-order valence-corrected chi connectivity index (χ3v) is 4.28. The summed E-state index contributed by atoms with van der Waals surface area (Å²) in [6.45, 7) is 1.95. The highest BCUT2D eigenvalue weighted by molar-refractivity contribution is 7.98. The smallest absolute Gasteiger partial charge is 0.230 e. The van der Waals surface area contributed by atoms with Crippen molar-refractivity contribution in [3.63, 3.8) is 0 Å². The third kappa shape index (κ3) is 6.73. The van der Waals surface area contributed by atoms with Gasteiger partial charge in [-0.15, -0.1) is 0 Å². The Balaban J connectivity index is 2.17. The number of thioether (sulfide) groups is 1. The maximum atomic E-state index is 11.4. The van der Waals surface area contributed by atoms with E-state index in [0.29, 0.717) is 23.3 Å². The quantitative estimate of drug-likeness (QED) is 0.483. The Morgan fingerprint density at radius 1 is 1.21 bits per heavy atom. The van der Waals surface area contributed by atoms with Gasteiger partial charge in [0.1, 0.15) is 11.6 Å². The largest absolute Gasteiger partial charge is 0.392 e. The second-order valence-electron chi connectivity index (χ2n) is 5.30. The number of nitrogens with one attached hydrogen (secondary N) is 2. The van der Waals surface area contributed by atoms with Crippen molar-refractivity contribution in [1.82, 2.24) is 9.97 Å². The molecule has 0 fully saturated rings. The number of hydrogen-bond donors (Lipinski definition) is 3. The van der Waals surface area contributed by atoms with E-state index in [2.05, 4.69) is 20.0 Å². The fourth-order valence-electron chi connectivity index (χ4n) is 1.80. The van der Waals surface area contributed by atoms with Gasteiger partial charge in [0.15, 0.2) is 5.16 Å². The molecule has 2 aromatic rings. The van der Waals surface area contributed by atoms with E-state index in [1.54, 1.807) is 6.92 Å². The van der Waals surface area contributed by atoms with Gasteiger partial charge in [0.2, 0.25) is 10.0 Å². The van der Waals surface area contributed by atoms with Crippen LogP contribution in [0.1, 0.15) is 12.5 Å². The van der Waals surface area contributed by atoms with Crippen LogP contribution in [-0.2, 0) is 15.8 Å². The zero-order chi connectivity index (χ0) is 17.6. The van der Waals surface area contributed by atoms with Crippen molar-refractivity contribution < 1.29 is 13.5 Å². The first-order valence-corrected chi connectivity index (χ1v) is 10.1. The molecule has 0 saturated heterocycles. The molecule has 0 amide bonds. The molecule has 7 nitrogen and oxygen atoms in total. The molecule has 24 heavy (non-hydrogen) atoms. The van der Waals surface area contributed by atoms with Crippen LogP contribution in [0, 0.1) is 0 Å². The molecule has 0 radical (unpaired) electrons. The van der Waals surface area contributed by atoms with Gasteiger partial charge in [-0.2, -0.15) is 0 Å². The molecule has 0 aliphatic rings. The van der Waals surface area contributed by atoms with E-state index in [9.17, 15) is 13.5 Å². The fraction of sp³-hybridized carbons (Fsp3) is 0.333. The molecule has 1 aromatic carbocycles. The minimum absolute atomic E-state index is 0.191. The number of aromatic nitrogens is 2. The van der Waals surface area contributed by atoms with E-state index in [1.807, 2.05) is 30.3 Å². The Bertz CT molecular complexity index is 768. The van der Waals surface area contributed by atoms with Crippen LogP contribution in [0.15, 0.2) is 41.6 Å². The van der Waals surface area contributed by atoms with Gasteiger partial charge >= 0.3 is 0 Å². The number of benzene rings is 1. The van der Waals surface area contributed by atoms with Gasteiger partial charge in [0.25, 0.3) is 0 Å². The molecule has 1 aromatic heterocycles. The highest BCUT2D eigenvalue weighted by atomic mass is 32.2.